The average Bonchev–Trinajstić information content (AvgIpc) is 2.71. The predicted octanol–water partition coefficient (Wildman–Crippen LogP) is 3.61. The van der Waals surface area contributed by atoms with Gasteiger partial charge < -0.3 is 14.2 Å². The van der Waals surface area contributed by atoms with Crippen molar-refractivity contribution in [3.05, 3.63) is 35.3 Å². The highest BCUT2D eigenvalue weighted by molar-refractivity contribution is 5.86. The second-order valence-corrected chi connectivity index (χ2v) is 6.77. The highest BCUT2D eigenvalue weighted by Crippen LogP contribution is 2.32. The van der Waals surface area contributed by atoms with Gasteiger partial charge in [0.05, 0.1) is 12.1 Å². The van der Waals surface area contributed by atoms with Crippen molar-refractivity contribution in [1.82, 2.24) is 9.47 Å². The van der Waals surface area contributed by atoms with Gasteiger partial charge in [0.25, 0.3) is 0 Å². The number of ether oxygens (including phenoxy) is 1. The second kappa shape index (κ2) is 5.00. The molecule has 1 aromatic heterocycles. The molecule has 5 heteroatoms. The van der Waals surface area contributed by atoms with E-state index in [9.17, 15) is 9.18 Å². The fraction of sp³-hybridized carbons (Fsp3) is 0.471. The summed E-state index contributed by atoms with van der Waals surface area (Å²) in [6.07, 6.45) is 0.394. The van der Waals surface area contributed by atoms with Gasteiger partial charge in [0.2, 0.25) is 0 Å². The van der Waals surface area contributed by atoms with Gasteiger partial charge in [-0.05, 0) is 26.8 Å². The van der Waals surface area contributed by atoms with Crippen LogP contribution < -0.4 is 0 Å². The molecule has 3 rings (SSSR count). The minimum Gasteiger partial charge on any atom is -0.444 e. The van der Waals surface area contributed by atoms with Crippen LogP contribution in [0.3, 0.4) is 0 Å². The molecule has 0 atom stereocenters. The van der Waals surface area contributed by atoms with Gasteiger partial charge >= 0.3 is 6.09 Å². The van der Waals surface area contributed by atoms with E-state index in [1.54, 1.807) is 11.0 Å². The van der Waals surface area contributed by atoms with Gasteiger partial charge in [-0.15, -0.1) is 0 Å². The van der Waals surface area contributed by atoms with Crippen molar-refractivity contribution < 1.29 is 13.9 Å². The van der Waals surface area contributed by atoms with E-state index in [4.69, 9.17) is 4.74 Å². The zero-order valence-electron chi connectivity index (χ0n) is 13.4. The van der Waals surface area contributed by atoms with Gasteiger partial charge in [-0.2, -0.15) is 0 Å². The minimum absolute atomic E-state index is 0.224. The Bertz CT molecular complexity index is 743. The molecule has 1 amide bonds. The Morgan fingerprint density at radius 2 is 2.05 bits per heavy atom. The van der Waals surface area contributed by atoms with Crippen LogP contribution in [-0.4, -0.2) is 27.7 Å². The second-order valence-electron chi connectivity index (χ2n) is 6.77. The summed E-state index contributed by atoms with van der Waals surface area (Å²) in [6, 6.07) is 5.10. The summed E-state index contributed by atoms with van der Waals surface area (Å²) in [4.78, 5) is 13.9. The molecule has 0 bridgehead atoms. The first-order valence-electron chi connectivity index (χ1n) is 7.50. The van der Waals surface area contributed by atoms with Crippen LogP contribution >= 0.6 is 0 Å². The summed E-state index contributed by atoms with van der Waals surface area (Å²) in [5.74, 6) is -0.224. The standard InChI is InChI=1S/C17H21FN2O2/c1-17(2,3)22-16(21)20-9-8-14-12(10-20)11-6-5-7-13(18)15(11)19(14)4/h5-7H,8-10H2,1-4H3. The third-order valence-corrected chi connectivity index (χ3v) is 4.02. The molecule has 1 aromatic carbocycles. The average molecular weight is 304 g/mol. The van der Waals surface area contributed by atoms with E-state index in [0.29, 0.717) is 25.0 Å². The van der Waals surface area contributed by atoms with Crippen LogP contribution in [0.2, 0.25) is 0 Å². The monoisotopic (exact) mass is 304 g/mol. The van der Waals surface area contributed by atoms with Gasteiger partial charge in [-0.1, -0.05) is 12.1 Å². The van der Waals surface area contributed by atoms with Gasteiger partial charge in [-0.25, -0.2) is 9.18 Å². The zero-order valence-corrected chi connectivity index (χ0v) is 13.4. The highest BCUT2D eigenvalue weighted by Gasteiger charge is 2.29. The SMILES string of the molecule is Cn1c2c(c3cccc(F)c31)CN(C(=O)OC(C)(C)C)CC2. The Morgan fingerprint density at radius 1 is 1.32 bits per heavy atom. The van der Waals surface area contributed by atoms with E-state index in [1.807, 2.05) is 38.5 Å². The molecule has 0 unspecified atom stereocenters. The van der Waals surface area contributed by atoms with E-state index in [2.05, 4.69) is 0 Å². The quantitative estimate of drug-likeness (QED) is 0.745. The number of aromatic nitrogens is 1. The van der Waals surface area contributed by atoms with Crippen molar-refractivity contribution in [1.29, 1.82) is 0 Å². The first-order chi connectivity index (χ1) is 10.3. The molecule has 2 aromatic rings. The smallest absolute Gasteiger partial charge is 0.410 e. The molecule has 0 spiro atoms. The lowest BCUT2D eigenvalue weighted by molar-refractivity contribution is 0.0223. The third kappa shape index (κ3) is 2.45. The van der Waals surface area contributed by atoms with Crippen LogP contribution in [0, 0.1) is 5.82 Å². The molecular weight excluding hydrogens is 283 g/mol. The maximum Gasteiger partial charge on any atom is 0.410 e. The molecular formula is C17H21FN2O2. The molecule has 1 aliphatic rings. The van der Waals surface area contributed by atoms with Crippen LogP contribution in [0.25, 0.3) is 10.9 Å². The Hall–Kier alpha value is -2.04. The number of hydrogen-bond acceptors (Lipinski definition) is 2. The lowest BCUT2D eigenvalue weighted by Crippen LogP contribution is -2.40. The number of rotatable bonds is 0. The molecule has 4 nitrogen and oxygen atoms in total. The number of fused-ring (bicyclic) bond motifs is 3. The number of carbonyl (C=O) groups is 1. The highest BCUT2D eigenvalue weighted by atomic mass is 19.1. The maximum absolute atomic E-state index is 14.1. The number of nitrogens with zero attached hydrogens (tertiary/aromatic N) is 2. The summed E-state index contributed by atoms with van der Waals surface area (Å²) in [6.45, 7) is 6.62. The van der Waals surface area contributed by atoms with Crippen LogP contribution in [0.5, 0.6) is 0 Å². The molecule has 0 saturated carbocycles. The topological polar surface area (TPSA) is 34.5 Å². The minimum atomic E-state index is -0.512. The summed E-state index contributed by atoms with van der Waals surface area (Å²) in [7, 11) is 1.88. The number of benzene rings is 1. The summed E-state index contributed by atoms with van der Waals surface area (Å²) < 4.78 is 21.4. The molecule has 0 aliphatic carbocycles. The predicted molar refractivity (Wildman–Crippen MR) is 83.2 cm³/mol. The van der Waals surface area contributed by atoms with Crippen LogP contribution in [0.15, 0.2) is 18.2 Å². The normalized spacial score (nSPS) is 15.0. The molecule has 0 N–H and O–H groups in total. The molecule has 22 heavy (non-hydrogen) atoms. The van der Waals surface area contributed by atoms with Gasteiger partial charge in [0.1, 0.15) is 11.4 Å². The summed E-state index contributed by atoms with van der Waals surface area (Å²) in [5, 5.41) is 0.880. The van der Waals surface area contributed by atoms with Crippen molar-refractivity contribution in [2.75, 3.05) is 6.54 Å². The van der Waals surface area contributed by atoms with E-state index in [0.717, 1.165) is 16.6 Å². The molecule has 0 saturated heterocycles. The van der Waals surface area contributed by atoms with Crippen LogP contribution in [0.1, 0.15) is 32.0 Å². The number of para-hydroxylation sites is 1. The van der Waals surface area contributed by atoms with Crippen molar-refractivity contribution >= 4 is 17.0 Å². The van der Waals surface area contributed by atoms with E-state index in [-0.39, 0.29) is 11.9 Å². The number of halogens is 1. The molecule has 0 fully saturated rings. The van der Waals surface area contributed by atoms with Gasteiger partial charge in [-0.3, -0.25) is 0 Å². The van der Waals surface area contributed by atoms with Crippen molar-refractivity contribution in [3.8, 4) is 0 Å². The van der Waals surface area contributed by atoms with Gasteiger partial charge in [0, 0.05) is 36.7 Å². The maximum atomic E-state index is 14.1. The fourth-order valence-electron chi connectivity index (χ4n) is 3.08. The molecule has 118 valence electrons. The third-order valence-electron chi connectivity index (χ3n) is 4.02. The Balaban J connectivity index is 1.96. The Kier molecular flexibility index (Phi) is 3.38. The number of carbonyl (C=O) groups excluding carboxylic acids is 1. The molecule has 0 radical (unpaired) electrons. The van der Waals surface area contributed by atoms with Crippen molar-refractivity contribution in [2.45, 2.75) is 39.3 Å². The van der Waals surface area contributed by atoms with E-state index in [1.165, 1.54) is 6.07 Å². The van der Waals surface area contributed by atoms with E-state index < -0.39 is 5.60 Å². The zero-order chi connectivity index (χ0) is 16.1. The molecule has 2 heterocycles. The fourth-order valence-corrected chi connectivity index (χ4v) is 3.08. The van der Waals surface area contributed by atoms with Crippen molar-refractivity contribution in [2.24, 2.45) is 7.05 Å². The van der Waals surface area contributed by atoms with Gasteiger partial charge in [0.15, 0.2) is 0 Å². The molecule has 1 aliphatic heterocycles. The lowest BCUT2D eigenvalue weighted by atomic mass is 10.0. The first-order valence-corrected chi connectivity index (χ1v) is 7.50. The van der Waals surface area contributed by atoms with E-state index >= 15 is 0 Å². The first kappa shape index (κ1) is 14.9. The number of hydrogen-bond donors (Lipinski definition) is 0. The lowest BCUT2D eigenvalue weighted by Gasteiger charge is -2.30. The Labute approximate surface area is 129 Å². The largest absolute Gasteiger partial charge is 0.444 e. The van der Waals surface area contributed by atoms with Crippen LogP contribution in [0.4, 0.5) is 9.18 Å². The van der Waals surface area contributed by atoms with Crippen molar-refractivity contribution in [3.63, 3.8) is 0 Å². The summed E-state index contributed by atoms with van der Waals surface area (Å²) in [5.41, 5.74) is 2.22. The Morgan fingerprint density at radius 3 is 2.73 bits per heavy atom. The van der Waals surface area contributed by atoms with Crippen LogP contribution in [-0.2, 0) is 24.8 Å². The summed E-state index contributed by atoms with van der Waals surface area (Å²) >= 11 is 0. The number of amides is 1. The number of aryl methyl sites for hydroxylation is 1.